The number of hydrogen-bond acceptors (Lipinski definition) is 6. The minimum Gasteiger partial charge on any atom is -0.386 e. The highest BCUT2D eigenvalue weighted by molar-refractivity contribution is 6.19. The van der Waals surface area contributed by atoms with Crippen LogP contribution in [0.25, 0.3) is 5.57 Å². The molecule has 0 saturated heterocycles. The van der Waals surface area contributed by atoms with Gasteiger partial charge in [0.1, 0.15) is 0 Å². The summed E-state index contributed by atoms with van der Waals surface area (Å²) in [5.41, 5.74) is 2.46. The van der Waals surface area contributed by atoms with Gasteiger partial charge in [-0.3, -0.25) is 10.1 Å². The zero-order chi connectivity index (χ0) is 19.2. The molecule has 7 nitrogen and oxygen atoms in total. The average molecular weight is 354 g/mol. The van der Waals surface area contributed by atoms with Crippen LogP contribution in [0.3, 0.4) is 0 Å². The molecule has 26 heavy (non-hydrogen) atoms. The Morgan fingerprint density at radius 2 is 1.77 bits per heavy atom. The molecule has 1 atom stereocenters. The highest BCUT2D eigenvalue weighted by Gasteiger charge is 2.61. The maximum atomic E-state index is 12.4. The topological polar surface area (TPSA) is 89.8 Å². The fourth-order valence-corrected chi connectivity index (χ4v) is 4.76. The summed E-state index contributed by atoms with van der Waals surface area (Å²) in [6, 6.07) is 4.73. The first-order valence-corrected chi connectivity index (χ1v) is 8.29. The van der Waals surface area contributed by atoms with Gasteiger partial charge in [-0.25, -0.2) is 9.59 Å². The Kier molecular flexibility index (Phi) is 2.92. The second-order valence-electron chi connectivity index (χ2n) is 7.64. The Morgan fingerprint density at radius 1 is 1.12 bits per heavy atom. The maximum absolute atomic E-state index is 12.4. The molecule has 0 saturated carbocycles. The molecule has 134 valence electrons. The molecule has 0 radical (unpaired) electrons. The van der Waals surface area contributed by atoms with Crippen LogP contribution in [-0.2, 0) is 14.3 Å². The van der Waals surface area contributed by atoms with E-state index in [1.54, 1.807) is 12.1 Å². The predicted molar refractivity (Wildman–Crippen MR) is 94.4 cm³/mol. The van der Waals surface area contributed by atoms with Gasteiger partial charge in [-0.2, -0.15) is 0 Å². The lowest BCUT2D eigenvalue weighted by Gasteiger charge is -2.50. The summed E-state index contributed by atoms with van der Waals surface area (Å²) in [6.07, 6.45) is 0. The number of fused-ring (bicyclic) bond motifs is 3. The molecule has 1 aliphatic carbocycles. The van der Waals surface area contributed by atoms with Crippen molar-refractivity contribution in [1.29, 1.82) is 0 Å². The van der Waals surface area contributed by atoms with Gasteiger partial charge in [0, 0.05) is 30.2 Å². The number of esters is 2. The van der Waals surface area contributed by atoms with Gasteiger partial charge in [0.05, 0.1) is 27.3 Å². The van der Waals surface area contributed by atoms with Crippen molar-refractivity contribution in [3.8, 4) is 0 Å². The van der Waals surface area contributed by atoms with E-state index in [1.165, 1.54) is 6.07 Å². The van der Waals surface area contributed by atoms with Crippen molar-refractivity contribution in [2.75, 3.05) is 11.9 Å². The number of likely N-dealkylation sites (N-methyl/N-ethyl adjacent to an activating group) is 1. The van der Waals surface area contributed by atoms with Crippen molar-refractivity contribution >= 4 is 28.9 Å². The standard InChI is InChI=1S/C19H18N2O5/c1-9-13-15(17(23)26-16(13)22)18(2,3)19(4)14(9)11-7-6-10(21(24)25)8-12(11)20(19)5/h6-8H,1-5H3. The summed E-state index contributed by atoms with van der Waals surface area (Å²) < 4.78 is 4.90. The molecule has 0 bridgehead atoms. The van der Waals surface area contributed by atoms with Crippen molar-refractivity contribution in [2.45, 2.75) is 33.2 Å². The molecule has 0 fully saturated rings. The van der Waals surface area contributed by atoms with Gasteiger partial charge in [0.2, 0.25) is 0 Å². The van der Waals surface area contributed by atoms with E-state index in [1.807, 2.05) is 39.6 Å². The molecule has 1 unspecified atom stereocenters. The van der Waals surface area contributed by atoms with Gasteiger partial charge >= 0.3 is 11.9 Å². The van der Waals surface area contributed by atoms with Gasteiger partial charge in [0.25, 0.3) is 5.69 Å². The lowest BCUT2D eigenvalue weighted by molar-refractivity contribution is -0.384. The molecule has 0 spiro atoms. The predicted octanol–water partition coefficient (Wildman–Crippen LogP) is 3.00. The molecule has 7 heteroatoms. The number of non-ortho nitro benzene ring substituents is 1. The minimum absolute atomic E-state index is 0.00453. The smallest absolute Gasteiger partial charge is 0.346 e. The third-order valence-corrected chi connectivity index (χ3v) is 6.42. The fourth-order valence-electron chi connectivity index (χ4n) is 4.76. The third kappa shape index (κ3) is 1.58. The SMILES string of the molecule is CC1=C2c3ccc([N+](=O)[O-])cc3N(C)C2(C)C(C)(C)C2=C1C(=O)OC2=O. The first-order chi connectivity index (χ1) is 12.0. The molecular weight excluding hydrogens is 336 g/mol. The van der Waals surface area contributed by atoms with E-state index in [0.717, 1.165) is 11.1 Å². The van der Waals surface area contributed by atoms with E-state index in [2.05, 4.69) is 0 Å². The van der Waals surface area contributed by atoms with E-state index in [-0.39, 0.29) is 5.69 Å². The van der Waals surface area contributed by atoms with E-state index in [9.17, 15) is 19.7 Å². The maximum Gasteiger partial charge on any atom is 0.346 e. The highest BCUT2D eigenvalue weighted by atomic mass is 16.6. The van der Waals surface area contributed by atoms with Crippen molar-refractivity contribution in [3.05, 3.63) is 50.6 Å². The third-order valence-electron chi connectivity index (χ3n) is 6.42. The number of benzene rings is 1. The second kappa shape index (κ2) is 4.60. The fraction of sp³-hybridized carbons (Fsp3) is 0.368. The van der Waals surface area contributed by atoms with Crippen molar-refractivity contribution < 1.29 is 19.2 Å². The van der Waals surface area contributed by atoms with Crippen LogP contribution in [0.15, 0.2) is 34.9 Å². The number of carbonyl (C=O) groups is 2. The Hall–Kier alpha value is -2.96. The van der Waals surface area contributed by atoms with Crippen LogP contribution < -0.4 is 4.90 Å². The lowest BCUT2D eigenvalue weighted by atomic mass is 9.59. The first-order valence-electron chi connectivity index (χ1n) is 8.29. The highest BCUT2D eigenvalue weighted by Crippen LogP contribution is 2.62. The van der Waals surface area contributed by atoms with Crippen LogP contribution in [0, 0.1) is 15.5 Å². The number of nitro benzene ring substituents is 1. The number of ether oxygens (including phenoxy) is 1. The molecule has 1 aromatic rings. The molecular formula is C19H18N2O5. The Bertz CT molecular complexity index is 1000. The van der Waals surface area contributed by atoms with Crippen LogP contribution >= 0.6 is 0 Å². The monoisotopic (exact) mass is 354 g/mol. The van der Waals surface area contributed by atoms with Gasteiger partial charge in [-0.15, -0.1) is 0 Å². The number of carbonyl (C=O) groups excluding carboxylic acids is 2. The van der Waals surface area contributed by atoms with Crippen molar-refractivity contribution in [2.24, 2.45) is 5.41 Å². The van der Waals surface area contributed by atoms with Crippen LogP contribution in [-0.4, -0.2) is 29.4 Å². The number of anilines is 1. The van der Waals surface area contributed by atoms with E-state index in [0.29, 0.717) is 22.4 Å². The summed E-state index contributed by atoms with van der Waals surface area (Å²) in [5.74, 6) is -1.23. The molecule has 0 aromatic heterocycles. The number of rotatable bonds is 1. The number of nitro groups is 1. The second-order valence-corrected chi connectivity index (χ2v) is 7.64. The number of hydrogen-bond donors (Lipinski definition) is 0. The van der Waals surface area contributed by atoms with E-state index >= 15 is 0 Å². The first kappa shape index (κ1) is 16.5. The Balaban J connectivity index is 2.09. The largest absolute Gasteiger partial charge is 0.386 e. The van der Waals surface area contributed by atoms with Crippen molar-refractivity contribution in [1.82, 2.24) is 0 Å². The molecule has 2 aliphatic heterocycles. The van der Waals surface area contributed by atoms with Crippen LogP contribution in [0.2, 0.25) is 0 Å². The summed E-state index contributed by atoms with van der Waals surface area (Å²) in [6.45, 7) is 7.62. The summed E-state index contributed by atoms with van der Waals surface area (Å²) in [4.78, 5) is 37.5. The average Bonchev–Trinajstić information content (AvgIpc) is 2.99. The van der Waals surface area contributed by atoms with Gasteiger partial charge in [-0.1, -0.05) is 13.8 Å². The summed E-state index contributed by atoms with van der Waals surface area (Å²) in [5, 5.41) is 11.2. The minimum atomic E-state index is -0.733. The zero-order valence-corrected chi connectivity index (χ0v) is 15.2. The quantitative estimate of drug-likeness (QED) is 0.333. The Morgan fingerprint density at radius 3 is 2.38 bits per heavy atom. The number of nitrogens with zero attached hydrogens (tertiary/aromatic N) is 2. The number of cyclic esters (lactones) is 2. The molecule has 4 rings (SSSR count). The Labute approximate surface area is 150 Å². The molecule has 0 N–H and O–H groups in total. The normalized spacial score (nSPS) is 26.0. The van der Waals surface area contributed by atoms with E-state index < -0.39 is 27.8 Å². The van der Waals surface area contributed by atoms with Gasteiger partial charge in [0.15, 0.2) is 0 Å². The lowest BCUT2D eigenvalue weighted by Crippen LogP contribution is -2.55. The van der Waals surface area contributed by atoms with Crippen LogP contribution in [0.5, 0.6) is 0 Å². The van der Waals surface area contributed by atoms with Gasteiger partial charge in [-0.05, 0) is 31.1 Å². The van der Waals surface area contributed by atoms with Gasteiger partial charge < -0.3 is 9.64 Å². The van der Waals surface area contributed by atoms with E-state index in [4.69, 9.17) is 4.74 Å². The summed E-state index contributed by atoms with van der Waals surface area (Å²) in [7, 11) is 1.86. The molecule has 1 aromatic carbocycles. The molecule has 2 heterocycles. The molecule has 3 aliphatic rings. The summed E-state index contributed by atoms with van der Waals surface area (Å²) >= 11 is 0. The zero-order valence-electron chi connectivity index (χ0n) is 15.2. The van der Waals surface area contributed by atoms with Crippen molar-refractivity contribution in [3.63, 3.8) is 0 Å². The van der Waals surface area contributed by atoms with Crippen LogP contribution in [0.4, 0.5) is 11.4 Å². The van der Waals surface area contributed by atoms with Crippen LogP contribution in [0.1, 0.15) is 33.3 Å². The molecule has 0 amide bonds.